The summed E-state index contributed by atoms with van der Waals surface area (Å²) in [6.07, 6.45) is 0.358. The molecule has 4 N–H and O–H groups in total. The lowest BCUT2D eigenvalue weighted by atomic mass is 9.99. The number of methoxy groups -OCH3 is 4. The molecule has 1 aliphatic rings. The van der Waals surface area contributed by atoms with Crippen LogP contribution in [0.5, 0.6) is 23.0 Å². The molecule has 1 aromatic heterocycles. The molecule has 5 rings (SSSR count). The minimum atomic E-state index is -0.584. The molecule has 0 bridgehead atoms. The van der Waals surface area contributed by atoms with Crippen molar-refractivity contribution in [2.75, 3.05) is 40.3 Å². The zero-order valence-corrected chi connectivity index (χ0v) is 22.8. The van der Waals surface area contributed by atoms with Gasteiger partial charge in [-0.3, -0.25) is 4.79 Å². The highest BCUT2D eigenvalue weighted by molar-refractivity contribution is 5.98. The number of nitrogens with one attached hydrogen (secondary N) is 1. The fourth-order valence-corrected chi connectivity index (χ4v) is 4.69. The number of amides is 1. The minimum Gasteiger partial charge on any atom is -0.495 e. The van der Waals surface area contributed by atoms with Crippen LogP contribution in [0.2, 0.25) is 0 Å². The molecule has 10 heteroatoms. The standard InChI is InChI=1S/C30H30N4O6/c1-36-25-10-9-17(21-16-32-34-28(21)19-13-26(37-2)29(39-4)27(14-19)38-3)12-23(25)33-30(35)22(31)15-20-11-18-7-5-6-8-24(18)40-20/h5-14,22H,15-16,31H2,1-4H3,(H,33,35)/p+1. The quantitative estimate of drug-likeness (QED) is 0.301. The van der Waals surface area contributed by atoms with Crippen molar-refractivity contribution < 1.29 is 33.9 Å². The number of nitrogens with zero attached hydrogens (tertiary/aromatic N) is 2. The van der Waals surface area contributed by atoms with Gasteiger partial charge in [-0.1, -0.05) is 24.3 Å². The molecule has 0 aliphatic carbocycles. The fourth-order valence-electron chi connectivity index (χ4n) is 4.69. The lowest BCUT2D eigenvalue weighted by molar-refractivity contribution is -0.402. The number of fused-ring (bicyclic) bond motifs is 1. The Bertz CT molecular complexity index is 1570. The Morgan fingerprint density at radius 1 is 0.925 bits per heavy atom. The van der Waals surface area contributed by atoms with Gasteiger partial charge in [-0.25, -0.2) is 0 Å². The van der Waals surface area contributed by atoms with Crippen LogP contribution in [0.4, 0.5) is 5.69 Å². The molecule has 2 heterocycles. The molecule has 206 valence electrons. The third kappa shape index (κ3) is 5.21. The lowest BCUT2D eigenvalue weighted by Gasteiger charge is -2.16. The summed E-state index contributed by atoms with van der Waals surface area (Å²) < 4.78 is 27.9. The lowest BCUT2D eigenvalue weighted by Crippen LogP contribution is -2.67. The number of azo groups is 1. The monoisotopic (exact) mass is 543 g/mol. The number of benzene rings is 3. The molecular weight excluding hydrogens is 512 g/mol. The molecule has 0 saturated heterocycles. The summed E-state index contributed by atoms with van der Waals surface area (Å²) in [4.78, 5) is 13.2. The van der Waals surface area contributed by atoms with E-state index in [0.717, 1.165) is 27.7 Å². The molecule has 1 atom stereocenters. The van der Waals surface area contributed by atoms with Crippen molar-refractivity contribution in [1.82, 2.24) is 0 Å². The summed E-state index contributed by atoms with van der Waals surface area (Å²) in [6, 6.07) is 18.3. The number of hydrogen-bond donors (Lipinski definition) is 2. The molecule has 4 aromatic rings. The molecule has 0 radical (unpaired) electrons. The van der Waals surface area contributed by atoms with E-state index in [1.807, 2.05) is 54.6 Å². The molecular formula is C30H31N4O6+. The van der Waals surface area contributed by atoms with Gasteiger partial charge in [0, 0.05) is 16.5 Å². The maximum absolute atomic E-state index is 13.2. The van der Waals surface area contributed by atoms with Crippen molar-refractivity contribution in [3.05, 3.63) is 77.6 Å². The van der Waals surface area contributed by atoms with E-state index < -0.39 is 6.04 Å². The summed E-state index contributed by atoms with van der Waals surface area (Å²) in [7, 11) is 6.24. The smallest absolute Gasteiger partial charge is 0.283 e. The summed E-state index contributed by atoms with van der Waals surface area (Å²) in [5.74, 6) is 2.49. The van der Waals surface area contributed by atoms with Crippen LogP contribution in [0.3, 0.4) is 0 Å². The van der Waals surface area contributed by atoms with Gasteiger partial charge in [-0.15, -0.1) is 0 Å². The third-order valence-electron chi connectivity index (χ3n) is 6.72. The summed E-state index contributed by atoms with van der Waals surface area (Å²) >= 11 is 0. The van der Waals surface area contributed by atoms with Crippen molar-refractivity contribution >= 4 is 33.8 Å². The number of para-hydroxylation sites is 1. The van der Waals surface area contributed by atoms with Crippen molar-refractivity contribution in [3.63, 3.8) is 0 Å². The second-order valence-electron chi connectivity index (χ2n) is 9.20. The van der Waals surface area contributed by atoms with Crippen LogP contribution in [0.25, 0.3) is 22.2 Å². The van der Waals surface area contributed by atoms with Gasteiger partial charge in [0.1, 0.15) is 17.1 Å². The topological polar surface area (TPSA) is 132 Å². The Kier molecular flexibility index (Phi) is 7.70. The van der Waals surface area contributed by atoms with E-state index in [1.165, 1.54) is 0 Å². The van der Waals surface area contributed by atoms with E-state index in [9.17, 15) is 4.79 Å². The predicted molar refractivity (Wildman–Crippen MR) is 151 cm³/mol. The highest BCUT2D eigenvalue weighted by Gasteiger charge is 2.24. The Labute approximate surface area is 231 Å². The van der Waals surface area contributed by atoms with Gasteiger partial charge in [-0.2, -0.15) is 10.2 Å². The summed E-state index contributed by atoms with van der Waals surface area (Å²) in [6.45, 7) is 0.371. The van der Waals surface area contributed by atoms with E-state index in [1.54, 1.807) is 34.5 Å². The zero-order chi connectivity index (χ0) is 28.2. The van der Waals surface area contributed by atoms with Crippen molar-refractivity contribution in [2.24, 2.45) is 10.2 Å². The van der Waals surface area contributed by atoms with E-state index in [-0.39, 0.29) is 5.91 Å². The molecule has 3 aromatic carbocycles. The Balaban J connectivity index is 1.43. The Hall–Kier alpha value is -4.83. The third-order valence-corrected chi connectivity index (χ3v) is 6.72. The van der Waals surface area contributed by atoms with Crippen LogP contribution in [0.15, 0.2) is 75.3 Å². The number of rotatable bonds is 10. The molecule has 10 nitrogen and oxygen atoms in total. The van der Waals surface area contributed by atoms with Crippen molar-refractivity contribution in [2.45, 2.75) is 12.5 Å². The first-order valence-electron chi connectivity index (χ1n) is 12.7. The first-order chi connectivity index (χ1) is 19.4. The van der Waals surface area contributed by atoms with Crippen LogP contribution in [-0.2, 0) is 11.2 Å². The van der Waals surface area contributed by atoms with Crippen LogP contribution in [0.1, 0.15) is 16.9 Å². The number of carbonyl (C=O) groups is 1. The normalized spacial score (nSPS) is 13.4. The summed E-state index contributed by atoms with van der Waals surface area (Å²) in [5.41, 5.74) is 8.51. The highest BCUT2D eigenvalue weighted by Crippen LogP contribution is 2.43. The van der Waals surface area contributed by atoms with E-state index in [0.29, 0.717) is 53.1 Å². The van der Waals surface area contributed by atoms with Crippen LogP contribution in [0, 0.1) is 0 Å². The average molecular weight is 544 g/mol. The molecule has 1 unspecified atom stereocenters. The first-order valence-corrected chi connectivity index (χ1v) is 12.7. The second-order valence-corrected chi connectivity index (χ2v) is 9.20. The van der Waals surface area contributed by atoms with Gasteiger partial charge in [0.15, 0.2) is 17.5 Å². The average Bonchev–Trinajstić information content (AvgIpc) is 3.63. The highest BCUT2D eigenvalue weighted by atomic mass is 16.5. The number of anilines is 1. The van der Waals surface area contributed by atoms with Crippen LogP contribution >= 0.6 is 0 Å². The van der Waals surface area contributed by atoms with E-state index in [4.69, 9.17) is 23.4 Å². The van der Waals surface area contributed by atoms with Gasteiger partial charge < -0.3 is 34.4 Å². The first kappa shape index (κ1) is 26.8. The van der Waals surface area contributed by atoms with Gasteiger partial charge in [0.05, 0.1) is 52.8 Å². The molecule has 40 heavy (non-hydrogen) atoms. The second kappa shape index (κ2) is 11.5. The van der Waals surface area contributed by atoms with Crippen molar-refractivity contribution in [1.29, 1.82) is 0 Å². The van der Waals surface area contributed by atoms with Gasteiger partial charge in [0.25, 0.3) is 5.91 Å². The van der Waals surface area contributed by atoms with Crippen LogP contribution in [-0.4, -0.2) is 46.9 Å². The van der Waals surface area contributed by atoms with Gasteiger partial charge in [-0.05, 0) is 42.0 Å². The maximum atomic E-state index is 13.2. The largest absolute Gasteiger partial charge is 0.495 e. The molecule has 0 spiro atoms. The fraction of sp³-hybridized carbons (Fsp3) is 0.233. The number of hydrogen-bond acceptors (Lipinski definition) is 8. The number of quaternary nitrogens is 1. The maximum Gasteiger partial charge on any atom is 0.283 e. The predicted octanol–water partition coefficient (Wildman–Crippen LogP) is 4.59. The number of ether oxygens (including phenoxy) is 4. The SMILES string of the molecule is COc1ccc(C2=C(c3cc(OC)c(OC)c(OC)c3)N=NC2)cc1NC(=O)C([NH3+])Cc1cc2ccccc2o1. The van der Waals surface area contributed by atoms with Crippen LogP contribution < -0.4 is 30.0 Å². The Morgan fingerprint density at radius 2 is 1.65 bits per heavy atom. The van der Waals surface area contributed by atoms with Gasteiger partial charge in [0.2, 0.25) is 5.75 Å². The molecule has 1 amide bonds. The zero-order valence-electron chi connectivity index (χ0n) is 22.8. The van der Waals surface area contributed by atoms with E-state index >= 15 is 0 Å². The Morgan fingerprint density at radius 3 is 2.33 bits per heavy atom. The van der Waals surface area contributed by atoms with E-state index in [2.05, 4.69) is 21.3 Å². The number of carbonyl (C=O) groups excluding carboxylic acids is 1. The molecule has 0 fully saturated rings. The van der Waals surface area contributed by atoms with Crippen molar-refractivity contribution in [3.8, 4) is 23.0 Å². The van der Waals surface area contributed by atoms with Gasteiger partial charge >= 0.3 is 0 Å². The summed E-state index contributed by atoms with van der Waals surface area (Å²) in [5, 5.41) is 12.7. The number of furan rings is 1. The molecule has 1 aliphatic heterocycles. The minimum absolute atomic E-state index is 0.254. The molecule has 0 saturated carbocycles.